The number of aromatic hydroxyl groups is 2. The van der Waals surface area contributed by atoms with Crippen LogP contribution in [0.25, 0.3) is 5.76 Å². The van der Waals surface area contributed by atoms with Gasteiger partial charge in [-0.3, -0.25) is 9.59 Å². The van der Waals surface area contributed by atoms with Crippen LogP contribution in [0.2, 0.25) is 0 Å². The molecule has 0 saturated heterocycles. The van der Waals surface area contributed by atoms with E-state index in [0.29, 0.717) is 0 Å². The summed E-state index contributed by atoms with van der Waals surface area (Å²) < 4.78 is 31.0. The van der Waals surface area contributed by atoms with E-state index in [9.17, 15) is 24.9 Å². The molecule has 100 valence electrons. The van der Waals surface area contributed by atoms with E-state index in [-0.39, 0.29) is 5.57 Å². The van der Waals surface area contributed by atoms with E-state index in [1.54, 1.807) is 0 Å². The fourth-order valence-corrected chi connectivity index (χ4v) is 2.18. The Hall–Kier alpha value is -2.82. The second kappa shape index (κ2) is 3.84. The molecule has 0 aromatic heterocycles. The molecule has 5 nitrogen and oxygen atoms in total. The van der Waals surface area contributed by atoms with Crippen molar-refractivity contribution >= 4 is 17.3 Å². The second-order valence-electron chi connectivity index (χ2n) is 4.33. The van der Waals surface area contributed by atoms with Crippen molar-refractivity contribution in [1.82, 2.24) is 0 Å². The van der Waals surface area contributed by atoms with Crippen molar-refractivity contribution < 1.29 is 30.4 Å². The lowest BCUT2D eigenvalue weighted by atomic mass is 9.80. The quantitative estimate of drug-likeness (QED) is 0.672. The van der Waals surface area contributed by atoms with E-state index in [0.717, 1.165) is 0 Å². The summed E-state index contributed by atoms with van der Waals surface area (Å²) in [6.45, 7) is 1.30. The van der Waals surface area contributed by atoms with E-state index < -0.39 is 75.3 Å². The molecule has 2 aliphatic carbocycles. The number of ketones is 2. The molecule has 0 bridgehead atoms. The molecule has 0 aliphatic heterocycles. The van der Waals surface area contributed by atoms with Crippen LogP contribution in [0.5, 0.6) is 11.5 Å². The van der Waals surface area contributed by atoms with Gasteiger partial charge in [0, 0.05) is 17.2 Å². The predicted octanol–water partition coefficient (Wildman–Crippen LogP) is 2.02. The zero-order valence-corrected chi connectivity index (χ0v) is 10.2. The fourth-order valence-electron chi connectivity index (χ4n) is 2.18. The highest BCUT2D eigenvalue weighted by molar-refractivity contribution is 6.29. The first-order chi connectivity index (χ1) is 11.1. The summed E-state index contributed by atoms with van der Waals surface area (Å²) in [5.41, 5.74) is -2.41. The molecular formula is C15H10O5. The number of hydrogen-bond donors (Lipinski definition) is 3. The molecule has 0 unspecified atom stereocenters. The molecule has 0 fully saturated rings. The number of phenolic OH excluding ortho intramolecular Hbond substituents is 2. The predicted molar refractivity (Wildman–Crippen MR) is 70.5 cm³/mol. The zero-order chi connectivity index (χ0) is 18.1. The SMILES string of the molecule is [2H]C1=C(C)C([2H])=C2C(=O)c3c([2H])c(O)c([2H])c(O)c3C(O)=C2C1=O. The Bertz CT molecular complexity index is 969. The van der Waals surface area contributed by atoms with Gasteiger partial charge in [-0.25, -0.2) is 0 Å². The van der Waals surface area contributed by atoms with Gasteiger partial charge in [-0.2, -0.15) is 0 Å². The van der Waals surface area contributed by atoms with Crippen molar-refractivity contribution in [1.29, 1.82) is 0 Å². The minimum absolute atomic E-state index is 0.0690. The van der Waals surface area contributed by atoms with Crippen LogP contribution in [0, 0.1) is 0 Å². The largest absolute Gasteiger partial charge is 0.508 e. The maximum Gasteiger partial charge on any atom is 0.194 e. The van der Waals surface area contributed by atoms with Gasteiger partial charge in [0.2, 0.25) is 0 Å². The smallest absolute Gasteiger partial charge is 0.194 e. The minimum Gasteiger partial charge on any atom is -0.508 e. The summed E-state index contributed by atoms with van der Waals surface area (Å²) in [7, 11) is 0. The van der Waals surface area contributed by atoms with Gasteiger partial charge in [0.1, 0.15) is 17.3 Å². The van der Waals surface area contributed by atoms with Crippen molar-refractivity contribution in [3.8, 4) is 11.5 Å². The molecule has 0 atom stereocenters. The average molecular weight is 274 g/mol. The summed E-state index contributed by atoms with van der Waals surface area (Å²) in [6.07, 6.45) is 0. The Kier molecular flexibility index (Phi) is 1.61. The molecule has 1 aromatic rings. The summed E-state index contributed by atoms with van der Waals surface area (Å²) in [4.78, 5) is 25.0. The Morgan fingerprint density at radius 3 is 2.50 bits per heavy atom. The van der Waals surface area contributed by atoms with Gasteiger partial charge in [0.05, 0.1) is 16.6 Å². The normalized spacial score (nSPS) is 21.2. The van der Waals surface area contributed by atoms with Crippen LogP contribution in [0.4, 0.5) is 0 Å². The number of fused-ring (bicyclic) bond motifs is 2. The molecule has 20 heavy (non-hydrogen) atoms. The lowest BCUT2D eigenvalue weighted by Crippen LogP contribution is -2.22. The minimum atomic E-state index is -1.02. The number of benzene rings is 1. The van der Waals surface area contributed by atoms with Crippen LogP contribution in [-0.2, 0) is 4.79 Å². The number of allylic oxidation sites excluding steroid dienone is 5. The van der Waals surface area contributed by atoms with Crippen LogP contribution in [0.15, 0.2) is 40.9 Å². The number of carbonyl (C=O) groups is 2. The molecule has 0 radical (unpaired) electrons. The number of aliphatic hydroxyl groups excluding tert-OH is 1. The van der Waals surface area contributed by atoms with Crippen molar-refractivity contribution in [2.24, 2.45) is 0 Å². The molecule has 0 spiro atoms. The standard InChI is InChI=1S/C15H10O5/c1-6-2-8-12(10(17)3-6)15(20)13-9(14(8)19)4-7(16)5-11(13)18/h2-5,16,18,20H,1H3/i2D,3D,4D,5D. The number of aliphatic hydroxyl groups is 1. The second-order valence-corrected chi connectivity index (χ2v) is 4.33. The fraction of sp³-hybridized carbons (Fsp3) is 0.0667. The number of rotatable bonds is 0. The topological polar surface area (TPSA) is 94.8 Å². The molecule has 0 heterocycles. The lowest BCUT2D eigenvalue weighted by Gasteiger charge is -2.23. The van der Waals surface area contributed by atoms with E-state index in [2.05, 4.69) is 0 Å². The van der Waals surface area contributed by atoms with Crippen molar-refractivity contribution in [2.75, 3.05) is 0 Å². The van der Waals surface area contributed by atoms with Crippen molar-refractivity contribution in [2.45, 2.75) is 6.92 Å². The van der Waals surface area contributed by atoms with Gasteiger partial charge >= 0.3 is 0 Å². The summed E-state index contributed by atoms with van der Waals surface area (Å²) in [6, 6.07) is -2.70. The van der Waals surface area contributed by atoms with Gasteiger partial charge in [-0.15, -0.1) is 0 Å². The first-order valence-electron chi connectivity index (χ1n) is 7.58. The van der Waals surface area contributed by atoms with Gasteiger partial charge in [0.15, 0.2) is 11.6 Å². The maximum atomic E-state index is 12.7. The Morgan fingerprint density at radius 1 is 1.10 bits per heavy atom. The third-order valence-corrected chi connectivity index (χ3v) is 2.99. The average Bonchev–Trinajstić information content (AvgIpc) is 2.55. The van der Waals surface area contributed by atoms with E-state index in [4.69, 9.17) is 5.48 Å². The van der Waals surface area contributed by atoms with Crippen molar-refractivity contribution in [3.05, 3.63) is 52.0 Å². The number of hydrogen-bond acceptors (Lipinski definition) is 5. The summed E-state index contributed by atoms with van der Waals surface area (Å²) >= 11 is 0. The van der Waals surface area contributed by atoms with Crippen LogP contribution in [0.1, 0.15) is 28.3 Å². The molecule has 1 aromatic carbocycles. The van der Waals surface area contributed by atoms with Crippen LogP contribution >= 0.6 is 0 Å². The van der Waals surface area contributed by atoms with E-state index in [1.165, 1.54) is 6.92 Å². The van der Waals surface area contributed by atoms with Gasteiger partial charge in [-0.05, 0) is 30.6 Å². The highest BCUT2D eigenvalue weighted by atomic mass is 16.3. The first kappa shape index (κ1) is 8.37. The van der Waals surface area contributed by atoms with Crippen LogP contribution in [-0.4, -0.2) is 26.9 Å². The molecular weight excluding hydrogens is 260 g/mol. The third kappa shape index (κ3) is 1.50. The van der Waals surface area contributed by atoms with Crippen LogP contribution < -0.4 is 0 Å². The molecule has 5 heteroatoms. The third-order valence-electron chi connectivity index (χ3n) is 2.99. The van der Waals surface area contributed by atoms with Crippen molar-refractivity contribution in [3.63, 3.8) is 0 Å². The van der Waals surface area contributed by atoms with Gasteiger partial charge in [-0.1, -0.05) is 0 Å². The summed E-state index contributed by atoms with van der Waals surface area (Å²) in [5.74, 6) is -4.84. The Labute approximate surface area is 119 Å². The van der Waals surface area contributed by atoms with Gasteiger partial charge < -0.3 is 15.3 Å². The number of phenols is 2. The first-order valence-corrected chi connectivity index (χ1v) is 5.58. The molecule has 3 rings (SSSR count). The Balaban J connectivity index is 2.54. The molecule has 3 N–H and O–H groups in total. The number of Topliss-reactive ketones (excluding diaryl/α,β-unsaturated/α-hetero) is 1. The Morgan fingerprint density at radius 2 is 1.80 bits per heavy atom. The summed E-state index contributed by atoms with van der Waals surface area (Å²) in [5, 5.41) is 30.0. The number of carbonyl (C=O) groups excluding carboxylic acids is 2. The monoisotopic (exact) mass is 274 g/mol. The van der Waals surface area contributed by atoms with Gasteiger partial charge in [0.25, 0.3) is 0 Å². The molecule has 0 saturated carbocycles. The van der Waals surface area contributed by atoms with E-state index in [1.807, 2.05) is 0 Å². The van der Waals surface area contributed by atoms with Crippen LogP contribution in [0.3, 0.4) is 0 Å². The molecule has 2 aliphatic rings. The lowest BCUT2D eigenvalue weighted by molar-refractivity contribution is -0.111. The maximum absolute atomic E-state index is 12.7. The van der Waals surface area contributed by atoms with E-state index >= 15 is 0 Å². The highest BCUT2D eigenvalue weighted by Crippen LogP contribution is 2.41. The molecule has 0 amide bonds. The highest BCUT2D eigenvalue weighted by Gasteiger charge is 2.36. The zero-order valence-electron chi connectivity index (χ0n) is 14.2.